The normalized spacial score (nSPS) is 12.3. The van der Waals surface area contributed by atoms with Crippen LogP contribution in [0.15, 0.2) is 23.1 Å². The summed E-state index contributed by atoms with van der Waals surface area (Å²) in [5, 5.41) is 3.87. The van der Waals surface area contributed by atoms with E-state index in [0.717, 1.165) is 10.5 Å². The summed E-state index contributed by atoms with van der Waals surface area (Å²) in [6.45, 7) is 2.08. The predicted molar refractivity (Wildman–Crippen MR) is 78.3 cm³/mol. The molecule has 1 unspecified atom stereocenters. The fraction of sp³-hybridized carbons (Fsp3) is 0.462. The van der Waals surface area contributed by atoms with Crippen LogP contribution in [0.5, 0.6) is 0 Å². The lowest BCUT2D eigenvalue weighted by Gasteiger charge is -2.13. The van der Waals surface area contributed by atoms with Gasteiger partial charge in [0.05, 0.1) is 10.8 Å². The van der Waals surface area contributed by atoms with E-state index in [1.165, 1.54) is 11.8 Å². The molecule has 0 bridgehead atoms. The van der Waals surface area contributed by atoms with Gasteiger partial charge in [-0.15, -0.1) is 11.8 Å². The Kier molecular flexibility index (Phi) is 5.99. The zero-order valence-corrected chi connectivity index (χ0v) is 12.7. The molecule has 5 heteroatoms. The summed E-state index contributed by atoms with van der Waals surface area (Å²) in [5.41, 5.74) is 1.14. The van der Waals surface area contributed by atoms with Crippen molar-refractivity contribution in [1.82, 2.24) is 10.2 Å². The molecule has 1 N–H and O–H groups in total. The van der Waals surface area contributed by atoms with Gasteiger partial charge in [0.15, 0.2) is 0 Å². The molecule has 0 heterocycles. The van der Waals surface area contributed by atoms with Gasteiger partial charge in [0.2, 0.25) is 5.91 Å². The maximum Gasteiger partial charge on any atom is 0.232 e. The third kappa shape index (κ3) is 4.19. The lowest BCUT2D eigenvalue weighted by atomic mass is 10.1. The van der Waals surface area contributed by atoms with Crippen LogP contribution < -0.4 is 5.32 Å². The fourth-order valence-corrected chi connectivity index (χ4v) is 2.59. The highest BCUT2D eigenvalue weighted by Gasteiger charge is 2.09. The van der Waals surface area contributed by atoms with Crippen LogP contribution in [0.3, 0.4) is 0 Å². The van der Waals surface area contributed by atoms with Gasteiger partial charge in [0.25, 0.3) is 0 Å². The quantitative estimate of drug-likeness (QED) is 0.845. The van der Waals surface area contributed by atoms with Gasteiger partial charge in [-0.05, 0) is 31.7 Å². The lowest BCUT2D eigenvalue weighted by molar-refractivity contribution is -0.125. The average Bonchev–Trinajstić information content (AvgIpc) is 2.35. The number of benzene rings is 1. The second-order valence-corrected chi connectivity index (χ2v) is 5.70. The molecule has 18 heavy (non-hydrogen) atoms. The van der Waals surface area contributed by atoms with Crippen molar-refractivity contribution in [2.45, 2.75) is 17.9 Å². The number of carbonyl (C=O) groups excluding carboxylic acids is 1. The van der Waals surface area contributed by atoms with E-state index >= 15 is 0 Å². The summed E-state index contributed by atoms with van der Waals surface area (Å²) in [5.74, 6) is 0.497. The minimum atomic E-state index is 0.0868. The molecule has 0 spiro atoms. The molecule has 0 aliphatic carbocycles. The highest BCUT2D eigenvalue weighted by atomic mass is 35.5. The maximum absolute atomic E-state index is 11.5. The Morgan fingerprint density at radius 2 is 2.17 bits per heavy atom. The average molecular weight is 287 g/mol. The molecule has 1 aromatic rings. The predicted octanol–water partition coefficient (Wildman–Crippen LogP) is 2.80. The van der Waals surface area contributed by atoms with Gasteiger partial charge >= 0.3 is 0 Å². The van der Waals surface area contributed by atoms with Crippen molar-refractivity contribution in [3.8, 4) is 0 Å². The summed E-state index contributed by atoms with van der Waals surface area (Å²) in [4.78, 5) is 14.0. The van der Waals surface area contributed by atoms with E-state index in [4.69, 9.17) is 11.6 Å². The van der Waals surface area contributed by atoms with Gasteiger partial charge in [-0.3, -0.25) is 4.79 Å². The van der Waals surface area contributed by atoms with Crippen molar-refractivity contribution >= 4 is 29.3 Å². The number of nitrogens with zero attached hydrogens (tertiary/aromatic N) is 1. The summed E-state index contributed by atoms with van der Waals surface area (Å²) in [7, 11) is 5.42. The van der Waals surface area contributed by atoms with Crippen molar-refractivity contribution in [2.75, 3.05) is 26.9 Å². The van der Waals surface area contributed by atoms with E-state index < -0.39 is 0 Å². The van der Waals surface area contributed by atoms with Crippen LogP contribution in [-0.2, 0) is 4.79 Å². The van der Waals surface area contributed by atoms with E-state index in [-0.39, 0.29) is 11.9 Å². The van der Waals surface area contributed by atoms with Crippen molar-refractivity contribution < 1.29 is 4.79 Å². The highest BCUT2D eigenvalue weighted by molar-refractivity contribution is 8.00. The molecule has 1 rings (SSSR count). The second-order valence-electron chi connectivity index (χ2n) is 4.28. The Labute approximate surface area is 118 Å². The number of hydrogen-bond acceptors (Lipinski definition) is 3. The van der Waals surface area contributed by atoms with Crippen LogP contribution in [0.2, 0.25) is 5.02 Å². The largest absolute Gasteiger partial charge is 0.348 e. The molecule has 0 aliphatic heterocycles. The summed E-state index contributed by atoms with van der Waals surface area (Å²) in [6, 6.07) is 6.23. The van der Waals surface area contributed by atoms with Crippen LogP contribution in [-0.4, -0.2) is 37.7 Å². The lowest BCUT2D eigenvalue weighted by Crippen LogP contribution is -2.23. The van der Waals surface area contributed by atoms with E-state index in [0.29, 0.717) is 10.8 Å². The smallest absolute Gasteiger partial charge is 0.232 e. The molecular weight excluding hydrogens is 268 g/mol. The number of halogens is 1. The molecule has 0 fully saturated rings. The van der Waals surface area contributed by atoms with Crippen molar-refractivity contribution in [1.29, 1.82) is 0 Å². The van der Waals surface area contributed by atoms with E-state index in [1.807, 2.05) is 25.2 Å². The van der Waals surface area contributed by atoms with E-state index in [9.17, 15) is 4.79 Å². The zero-order valence-electron chi connectivity index (χ0n) is 11.2. The van der Waals surface area contributed by atoms with Crippen LogP contribution in [0.25, 0.3) is 0 Å². The first-order valence-corrected chi connectivity index (χ1v) is 7.11. The molecular formula is C13H19ClN2OS. The van der Waals surface area contributed by atoms with Gasteiger partial charge in [-0.1, -0.05) is 17.7 Å². The van der Waals surface area contributed by atoms with Crippen molar-refractivity contribution in [3.63, 3.8) is 0 Å². The van der Waals surface area contributed by atoms with E-state index in [1.54, 1.807) is 19.0 Å². The van der Waals surface area contributed by atoms with Crippen LogP contribution in [0.1, 0.15) is 18.5 Å². The zero-order chi connectivity index (χ0) is 13.7. The topological polar surface area (TPSA) is 32.3 Å². The van der Waals surface area contributed by atoms with Gasteiger partial charge in [-0.2, -0.15) is 0 Å². The molecule has 0 aliphatic rings. The third-order valence-corrected chi connectivity index (χ3v) is 4.22. The van der Waals surface area contributed by atoms with Gasteiger partial charge in [0, 0.05) is 25.0 Å². The number of hydrogen-bond donors (Lipinski definition) is 1. The van der Waals surface area contributed by atoms with E-state index in [2.05, 4.69) is 12.2 Å². The van der Waals surface area contributed by atoms with Crippen molar-refractivity contribution in [3.05, 3.63) is 28.8 Å². The Morgan fingerprint density at radius 3 is 2.67 bits per heavy atom. The molecule has 0 radical (unpaired) electrons. The fourth-order valence-electron chi connectivity index (χ4n) is 1.34. The second kappa shape index (κ2) is 7.02. The summed E-state index contributed by atoms with van der Waals surface area (Å²) >= 11 is 7.69. The number of carbonyl (C=O) groups is 1. The maximum atomic E-state index is 11.5. The number of nitrogens with one attached hydrogen (secondary N) is 1. The first-order chi connectivity index (χ1) is 8.45. The minimum Gasteiger partial charge on any atom is -0.348 e. The van der Waals surface area contributed by atoms with Gasteiger partial charge < -0.3 is 10.2 Å². The van der Waals surface area contributed by atoms with Gasteiger partial charge in [-0.25, -0.2) is 0 Å². The summed E-state index contributed by atoms with van der Waals surface area (Å²) < 4.78 is 0. The van der Waals surface area contributed by atoms with Crippen molar-refractivity contribution in [2.24, 2.45) is 0 Å². The SMILES string of the molecule is CNC(C)c1ccc(SCC(=O)N(C)C)c(Cl)c1. The molecule has 0 saturated heterocycles. The number of rotatable bonds is 5. The number of amides is 1. The molecule has 0 saturated carbocycles. The monoisotopic (exact) mass is 286 g/mol. The first-order valence-electron chi connectivity index (χ1n) is 5.75. The van der Waals surface area contributed by atoms with Crippen LogP contribution in [0.4, 0.5) is 0 Å². The third-order valence-electron chi connectivity index (χ3n) is 2.74. The Morgan fingerprint density at radius 1 is 1.50 bits per heavy atom. The van der Waals surface area contributed by atoms with Crippen LogP contribution >= 0.6 is 23.4 Å². The van der Waals surface area contributed by atoms with Gasteiger partial charge in [0.1, 0.15) is 0 Å². The molecule has 1 atom stereocenters. The Bertz CT molecular complexity index is 423. The molecule has 3 nitrogen and oxygen atoms in total. The molecule has 1 aromatic carbocycles. The Hall–Kier alpha value is -0.710. The standard InChI is InChI=1S/C13H19ClN2OS/c1-9(15-2)10-5-6-12(11(14)7-10)18-8-13(17)16(3)4/h5-7,9,15H,8H2,1-4H3. The molecule has 100 valence electrons. The van der Waals surface area contributed by atoms with Crippen LogP contribution in [0, 0.1) is 0 Å². The Balaban J connectivity index is 2.71. The number of thioether (sulfide) groups is 1. The molecule has 0 aromatic heterocycles. The molecule has 1 amide bonds. The minimum absolute atomic E-state index is 0.0868. The first kappa shape index (κ1) is 15.3. The highest BCUT2D eigenvalue weighted by Crippen LogP contribution is 2.29. The summed E-state index contributed by atoms with van der Waals surface area (Å²) in [6.07, 6.45) is 0.